The first kappa shape index (κ1) is 18.7. The van der Waals surface area contributed by atoms with Crippen molar-refractivity contribution in [3.8, 4) is 5.69 Å². The van der Waals surface area contributed by atoms with Crippen LogP contribution in [0.5, 0.6) is 0 Å². The maximum atomic E-state index is 12.3. The molecule has 0 saturated heterocycles. The highest BCUT2D eigenvalue weighted by atomic mass is 16.2. The Labute approximate surface area is 159 Å². The molecule has 2 aromatic heterocycles. The first-order valence-electron chi connectivity index (χ1n) is 9.12. The van der Waals surface area contributed by atoms with Gasteiger partial charge in [0.15, 0.2) is 0 Å². The number of nitrogens with one attached hydrogen (secondary N) is 1. The SMILES string of the molecule is Cc1cc(C)n(CCCNC(=O)N(C)Cc2cnn(-c3ccccc3)c2)n1. The molecule has 0 atom stereocenters. The lowest BCUT2D eigenvalue weighted by atomic mass is 10.3. The Bertz CT molecular complexity index is 883. The summed E-state index contributed by atoms with van der Waals surface area (Å²) in [7, 11) is 1.79. The zero-order chi connectivity index (χ0) is 19.2. The summed E-state index contributed by atoms with van der Waals surface area (Å²) < 4.78 is 3.79. The largest absolute Gasteiger partial charge is 0.338 e. The van der Waals surface area contributed by atoms with E-state index >= 15 is 0 Å². The van der Waals surface area contributed by atoms with Gasteiger partial charge in [-0.15, -0.1) is 0 Å². The van der Waals surface area contributed by atoms with E-state index in [1.165, 1.54) is 0 Å². The van der Waals surface area contributed by atoms with Crippen LogP contribution in [0.4, 0.5) is 4.79 Å². The van der Waals surface area contributed by atoms with Crippen molar-refractivity contribution in [2.45, 2.75) is 33.4 Å². The summed E-state index contributed by atoms with van der Waals surface area (Å²) in [5, 5.41) is 11.8. The highest BCUT2D eigenvalue weighted by molar-refractivity contribution is 5.73. The predicted octanol–water partition coefficient (Wildman–Crippen LogP) is 2.92. The van der Waals surface area contributed by atoms with Crippen LogP contribution in [0.2, 0.25) is 0 Å². The third kappa shape index (κ3) is 4.97. The van der Waals surface area contributed by atoms with Crippen molar-refractivity contribution in [2.24, 2.45) is 0 Å². The smallest absolute Gasteiger partial charge is 0.317 e. The topological polar surface area (TPSA) is 68.0 Å². The lowest BCUT2D eigenvalue weighted by molar-refractivity contribution is 0.206. The van der Waals surface area contributed by atoms with Crippen molar-refractivity contribution >= 4 is 6.03 Å². The molecule has 0 aliphatic heterocycles. The summed E-state index contributed by atoms with van der Waals surface area (Å²) in [6.07, 6.45) is 4.58. The maximum absolute atomic E-state index is 12.3. The van der Waals surface area contributed by atoms with Crippen LogP contribution in [0.3, 0.4) is 0 Å². The van der Waals surface area contributed by atoms with Crippen LogP contribution in [0, 0.1) is 13.8 Å². The van der Waals surface area contributed by atoms with Gasteiger partial charge in [-0.25, -0.2) is 9.48 Å². The first-order valence-corrected chi connectivity index (χ1v) is 9.12. The molecule has 0 aliphatic rings. The second kappa shape index (κ2) is 8.53. The van der Waals surface area contributed by atoms with E-state index in [0.717, 1.165) is 35.6 Å². The summed E-state index contributed by atoms with van der Waals surface area (Å²) in [5.41, 5.74) is 4.15. The molecule has 2 heterocycles. The number of aryl methyl sites for hydroxylation is 3. The van der Waals surface area contributed by atoms with E-state index in [-0.39, 0.29) is 6.03 Å². The highest BCUT2D eigenvalue weighted by Gasteiger charge is 2.10. The van der Waals surface area contributed by atoms with Gasteiger partial charge in [-0.1, -0.05) is 18.2 Å². The van der Waals surface area contributed by atoms with Gasteiger partial charge < -0.3 is 10.2 Å². The number of carbonyl (C=O) groups is 1. The molecule has 3 rings (SSSR count). The standard InChI is InChI=1S/C20H26N6O/c1-16-12-17(2)25(23-16)11-7-10-21-20(27)24(3)14-18-13-22-26(15-18)19-8-5-4-6-9-19/h4-6,8-9,12-13,15H,7,10-11,14H2,1-3H3,(H,21,27). The molecule has 0 aliphatic carbocycles. The van der Waals surface area contributed by atoms with Crippen molar-refractivity contribution in [1.82, 2.24) is 29.8 Å². The third-order valence-electron chi connectivity index (χ3n) is 4.35. The van der Waals surface area contributed by atoms with Gasteiger partial charge in [0.2, 0.25) is 0 Å². The fourth-order valence-corrected chi connectivity index (χ4v) is 2.97. The average Bonchev–Trinajstić information content (AvgIpc) is 3.25. The summed E-state index contributed by atoms with van der Waals surface area (Å²) in [6.45, 7) is 5.95. The number of amides is 2. The second-order valence-corrected chi connectivity index (χ2v) is 6.72. The van der Waals surface area contributed by atoms with Gasteiger partial charge in [-0.05, 0) is 38.5 Å². The van der Waals surface area contributed by atoms with Crippen LogP contribution >= 0.6 is 0 Å². The molecular formula is C20H26N6O. The maximum Gasteiger partial charge on any atom is 0.317 e. The monoisotopic (exact) mass is 366 g/mol. The lowest BCUT2D eigenvalue weighted by Gasteiger charge is -2.17. The van der Waals surface area contributed by atoms with E-state index in [1.807, 2.05) is 59.7 Å². The molecule has 0 unspecified atom stereocenters. The minimum Gasteiger partial charge on any atom is -0.338 e. The molecule has 0 spiro atoms. The number of para-hydroxylation sites is 1. The quantitative estimate of drug-likeness (QED) is 0.654. The first-order chi connectivity index (χ1) is 13.0. The molecule has 0 saturated carbocycles. The molecule has 1 aromatic carbocycles. The molecular weight excluding hydrogens is 340 g/mol. The van der Waals surface area contributed by atoms with Crippen LogP contribution in [-0.4, -0.2) is 44.1 Å². The second-order valence-electron chi connectivity index (χ2n) is 6.72. The van der Waals surface area contributed by atoms with Gasteiger partial charge in [-0.2, -0.15) is 10.2 Å². The zero-order valence-corrected chi connectivity index (χ0v) is 16.1. The molecule has 2 amide bonds. The molecule has 7 nitrogen and oxygen atoms in total. The van der Waals surface area contributed by atoms with Crippen LogP contribution < -0.4 is 5.32 Å². The number of nitrogens with zero attached hydrogens (tertiary/aromatic N) is 5. The molecule has 7 heteroatoms. The summed E-state index contributed by atoms with van der Waals surface area (Å²) in [5.74, 6) is 0. The Morgan fingerprint density at radius 2 is 2.00 bits per heavy atom. The van der Waals surface area contributed by atoms with Gasteiger partial charge in [0.25, 0.3) is 0 Å². The number of rotatable bonds is 7. The molecule has 27 heavy (non-hydrogen) atoms. The van der Waals surface area contributed by atoms with Gasteiger partial charge in [0.1, 0.15) is 0 Å². The summed E-state index contributed by atoms with van der Waals surface area (Å²) >= 11 is 0. The minimum atomic E-state index is -0.0872. The van der Waals surface area contributed by atoms with Gasteiger partial charge in [-0.3, -0.25) is 4.68 Å². The fraction of sp³-hybridized carbons (Fsp3) is 0.350. The number of hydrogen-bond donors (Lipinski definition) is 1. The van der Waals surface area contributed by atoms with Crippen LogP contribution in [-0.2, 0) is 13.1 Å². The zero-order valence-electron chi connectivity index (χ0n) is 16.1. The lowest BCUT2D eigenvalue weighted by Crippen LogP contribution is -2.37. The Hall–Kier alpha value is -3.09. The number of hydrogen-bond acceptors (Lipinski definition) is 3. The molecule has 0 radical (unpaired) electrons. The highest BCUT2D eigenvalue weighted by Crippen LogP contribution is 2.09. The fourth-order valence-electron chi connectivity index (χ4n) is 2.97. The molecule has 0 fully saturated rings. The average molecular weight is 366 g/mol. The summed E-state index contributed by atoms with van der Waals surface area (Å²) in [4.78, 5) is 13.9. The number of benzene rings is 1. The van der Waals surface area contributed by atoms with Crippen molar-refractivity contribution < 1.29 is 4.79 Å². The Morgan fingerprint density at radius 3 is 2.70 bits per heavy atom. The van der Waals surface area contributed by atoms with Crippen molar-refractivity contribution in [2.75, 3.05) is 13.6 Å². The van der Waals surface area contributed by atoms with Gasteiger partial charge in [0.05, 0.1) is 24.1 Å². The van der Waals surface area contributed by atoms with Crippen molar-refractivity contribution in [3.05, 3.63) is 65.7 Å². The Balaban J connectivity index is 1.44. The molecule has 142 valence electrons. The number of urea groups is 1. The summed E-state index contributed by atoms with van der Waals surface area (Å²) in [6, 6.07) is 11.9. The van der Waals surface area contributed by atoms with Crippen molar-refractivity contribution in [1.29, 1.82) is 0 Å². The van der Waals surface area contributed by atoms with E-state index in [1.54, 1.807) is 18.1 Å². The minimum absolute atomic E-state index is 0.0872. The van der Waals surface area contributed by atoms with Gasteiger partial charge in [0, 0.05) is 37.6 Å². The Kier molecular flexibility index (Phi) is 5.90. The number of carbonyl (C=O) groups excluding carboxylic acids is 1. The molecule has 3 aromatic rings. The third-order valence-corrected chi connectivity index (χ3v) is 4.35. The Morgan fingerprint density at radius 1 is 1.22 bits per heavy atom. The van der Waals surface area contributed by atoms with Gasteiger partial charge >= 0.3 is 6.03 Å². The predicted molar refractivity (Wildman–Crippen MR) is 105 cm³/mol. The normalized spacial score (nSPS) is 10.8. The van der Waals surface area contributed by atoms with E-state index in [9.17, 15) is 4.79 Å². The van der Waals surface area contributed by atoms with E-state index in [0.29, 0.717) is 13.1 Å². The van der Waals surface area contributed by atoms with E-state index < -0.39 is 0 Å². The van der Waals surface area contributed by atoms with Crippen molar-refractivity contribution in [3.63, 3.8) is 0 Å². The molecule has 1 N–H and O–H groups in total. The number of aromatic nitrogens is 4. The van der Waals surface area contributed by atoms with Crippen LogP contribution in [0.15, 0.2) is 48.8 Å². The van der Waals surface area contributed by atoms with Crippen LogP contribution in [0.25, 0.3) is 5.69 Å². The van der Waals surface area contributed by atoms with E-state index in [4.69, 9.17) is 0 Å². The van der Waals surface area contributed by atoms with E-state index in [2.05, 4.69) is 21.6 Å². The van der Waals surface area contributed by atoms with Crippen LogP contribution in [0.1, 0.15) is 23.4 Å². The molecule has 0 bridgehead atoms.